The average molecular weight is 153 g/mol. The lowest BCUT2D eigenvalue weighted by atomic mass is 10.3. The van der Waals surface area contributed by atoms with Crippen LogP contribution in [0.3, 0.4) is 0 Å². The van der Waals surface area contributed by atoms with E-state index in [1.165, 1.54) is 0 Å². The largest absolute Gasteiger partial charge is 0.693 e. The average Bonchev–Trinajstić information content (AvgIpc) is 2.05. The fourth-order valence-electron chi connectivity index (χ4n) is 0.834. The summed E-state index contributed by atoms with van der Waals surface area (Å²) in [7, 11) is 0. The maximum absolute atomic E-state index is 10.6. The first-order valence-electron chi connectivity index (χ1n) is 3.37. The van der Waals surface area contributed by atoms with Gasteiger partial charge in [-0.1, -0.05) is 6.08 Å². The van der Waals surface area contributed by atoms with E-state index >= 15 is 0 Å². The van der Waals surface area contributed by atoms with Gasteiger partial charge in [0.25, 0.3) is 5.84 Å². The molecular weight excluding hydrogens is 142 g/mol. The lowest BCUT2D eigenvalue weighted by Crippen LogP contribution is -2.34. The Hall–Kier alpha value is -1.45. The molecule has 1 aliphatic heterocycles. The molecule has 0 aromatic carbocycles. The van der Waals surface area contributed by atoms with E-state index in [1.807, 2.05) is 24.4 Å². The summed E-state index contributed by atoms with van der Waals surface area (Å²) in [5.74, 6) is 5.50. The third-order valence-corrected chi connectivity index (χ3v) is 1.55. The Morgan fingerprint density at radius 2 is 2.36 bits per heavy atom. The Morgan fingerprint density at radius 3 is 2.82 bits per heavy atom. The van der Waals surface area contributed by atoms with E-state index in [-0.39, 0.29) is 0 Å². The highest BCUT2D eigenvalue weighted by molar-refractivity contribution is 5.76. The molecule has 4 heteroatoms. The Bertz CT molecular complexity index is 226. The van der Waals surface area contributed by atoms with Crippen molar-refractivity contribution in [1.29, 1.82) is 0 Å². The number of nitrogens with zero attached hydrogens (tertiary/aromatic N) is 2. The zero-order valence-electron chi connectivity index (χ0n) is 6.40. The summed E-state index contributed by atoms with van der Waals surface area (Å²) in [5.41, 5.74) is 0. The van der Waals surface area contributed by atoms with Gasteiger partial charge in [-0.15, -0.1) is 0 Å². The number of hydrazone groups is 1. The molecule has 0 aliphatic carbocycles. The molecule has 0 fully saturated rings. The molecule has 0 bridgehead atoms. The minimum absolute atomic E-state index is 0.365. The summed E-state index contributed by atoms with van der Waals surface area (Å²) < 4.78 is 0. The standard InChI is InChI=1S/C7H11N3O/c1-7(10(8)11)9-5-3-2-4-6-9/h2-5H,6,8H2,1H3. The van der Waals surface area contributed by atoms with E-state index in [4.69, 9.17) is 5.84 Å². The first-order valence-corrected chi connectivity index (χ1v) is 3.37. The summed E-state index contributed by atoms with van der Waals surface area (Å²) >= 11 is 0. The molecule has 0 radical (unpaired) electrons. The second kappa shape index (κ2) is 3.09. The van der Waals surface area contributed by atoms with Crippen molar-refractivity contribution in [2.24, 2.45) is 5.84 Å². The molecule has 0 unspecified atom stereocenters. The van der Waals surface area contributed by atoms with Crippen LogP contribution in [0, 0.1) is 5.21 Å². The molecule has 1 aliphatic rings. The topological polar surface area (TPSA) is 55.3 Å². The zero-order chi connectivity index (χ0) is 8.27. The summed E-state index contributed by atoms with van der Waals surface area (Å²) in [4.78, 5) is 2.14. The number of nitrogens with two attached hydrogens (primary N) is 1. The Balaban J connectivity index is 2.70. The van der Waals surface area contributed by atoms with Crippen LogP contribution in [0.2, 0.25) is 0 Å². The Labute approximate surface area is 65.5 Å². The van der Waals surface area contributed by atoms with Gasteiger partial charge in [-0.3, -0.25) is 5.84 Å². The quantitative estimate of drug-likeness (QED) is 0.135. The second-order valence-corrected chi connectivity index (χ2v) is 2.30. The van der Waals surface area contributed by atoms with Gasteiger partial charge >= 0.3 is 0 Å². The molecule has 60 valence electrons. The van der Waals surface area contributed by atoms with Crippen molar-refractivity contribution >= 4 is 5.84 Å². The van der Waals surface area contributed by atoms with Crippen LogP contribution in [-0.2, 0) is 0 Å². The van der Waals surface area contributed by atoms with E-state index in [9.17, 15) is 5.21 Å². The molecule has 1 heterocycles. The number of rotatable bonds is 0. The summed E-state index contributed by atoms with van der Waals surface area (Å²) in [5, 5.41) is 10.6. The van der Waals surface area contributed by atoms with E-state index in [2.05, 4.69) is 0 Å². The fraction of sp³-hybridized carbons (Fsp3) is 0.286. The van der Waals surface area contributed by atoms with Gasteiger partial charge < -0.3 is 5.21 Å². The SMILES string of the molecule is CC(N1C=CC=CC1)=[N+](N)[O-]. The Kier molecular flexibility index (Phi) is 2.15. The molecule has 0 spiro atoms. The van der Waals surface area contributed by atoms with Crippen LogP contribution in [0.15, 0.2) is 24.4 Å². The lowest BCUT2D eigenvalue weighted by Gasteiger charge is -2.15. The lowest BCUT2D eigenvalue weighted by molar-refractivity contribution is -0.474. The van der Waals surface area contributed by atoms with Gasteiger partial charge in [0.15, 0.2) is 0 Å². The van der Waals surface area contributed by atoms with Gasteiger partial charge in [0.05, 0.1) is 6.20 Å². The van der Waals surface area contributed by atoms with Crippen LogP contribution in [0.1, 0.15) is 6.92 Å². The minimum Gasteiger partial charge on any atom is -0.693 e. The predicted molar refractivity (Wildman–Crippen MR) is 43.5 cm³/mol. The van der Waals surface area contributed by atoms with Crippen molar-refractivity contribution in [3.63, 3.8) is 0 Å². The van der Waals surface area contributed by atoms with Crippen LogP contribution in [0.25, 0.3) is 0 Å². The fourth-order valence-corrected chi connectivity index (χ4v) is 0.834. The third kappa shape index (κ3) is 1.73. The predicted octanol–water partition coefficient (Wildman–Crippen LogP) is 0.174. The molecule has 4 nitrogen and oxygen atoms in total. The van der Waals surface area contributed by atoms with Crippen molar-refractivity contribution in [2.45, 2.75) is 6.92 Å². The van der Waals surface area contributed by atoms with Crippen LogP contribution in [0.5, 0.6) is 0 Å². The highest BCUT2D eigenvalue weighted by Crippen LogP contribution is 1.98. The van der Waals surface area contributed by atoms with Crippen molar-refractivity contribution in [1.82, 2.24) is 4.90 Å². The van der Waals surface area contributed by atoms with Crippen LogP contribution >= 0.6 is 0 Å². The number of hydrogen-bond donors (Lipinski definition) is 1. The van der Waals surface area contributed by atoms with Crippen molar-refractivity contribution in [3.05, 3.63) is 29.6 Å². The molecule has 1 rings (SSSR count). The number of amidine groups is 1. The summed E-state index contributed by atoms with van der Waals surface area (Å²) in [6, 6.07) is 0. The van der Waals surface area contributed by atoms with E-state index < -0.39 is 0 Å². The molecule has 11 heavy (non-hydrogen) atoms. The third-order valence-electron chi connectivity index (χ3n) is 1.55. The van der Waals surface area contributed by atoms with E-state index in [0.29, 0.717) is 17.2 Å². The van der Waals surface area contributed by atoms with Crippen molar-refractivity contribution in [2.75, 3.05) is 6.54 Å². The van der Waals surface area contributed by atoms with Crippen LogP contribution < -0.4 is 5.84 Å². The van der Waals surface area contributed by atoms with Gasteiger partial charge in [-0.05, 0) is 12.2 Å². The summed E-state index contributed by atoms with van der Waals surface area (Å²) in [6.45, 7) is 2.38. The highest BCUT2D eigenvalue weighted by atomic mass is 16.5. The van der Waals surface area contributed by atoms with Crippen molar-refractivity contribution in [3.8, 4) is 0 Å². The first-order chi connectivity index (χ1) is 5.22. The molecular formula is C7H11N3O. The zero-order valence-corrected chi connectivity index (χ0v) is 6.40. The van der Waals surface area contributed by atoms with Crippen LogP contribution in [0.4, 0.5) is 0 Å². The van der Waals surface area contributed by atoms with Crippen molar-refractivity contribution < 1.29 is 4.85 Å². The maximum atomic E-state index is 10.6. The van der Waals surface area contributed by atoms with Crippen LogP contribution in [-0.4, -0.2) is 22.1 Å². The molecule has 0 saturated carbocycles. The number of hydrazine groups is 1. The monoisotopic (exact) mass is 153 g/mol. The van der Waals surface area contributed by atoms with E-state index in [0.717, 1.165) is 0 Å². The smallest absolute Gasteiger partial charge is 0.275 e. The Morgan fingerprint density at radius 1 is 1.64 bits per heavy atom. The number of hydrogen-bond acceptors (Lipinski definition) is 2. The molecule has 2 N–H and O–H groups in total. The first kappa shape index (κ1) is 7.65. The molecule has 0 amide bonds. The van der Waals surface area contributed by atoms with Gasteiger partial charge in [0, 0.05) is 6.92 Å². The highest BCUT2D eigenvalue weighted by Gasteiger charge is 2.11. The van der Waals surface area contributed by atoms with E-state index in [1.54, 1.807) is 11.8 Å². The van der Waals surface area contributed by atoms with Gasteiger partial charge in [-0.2, -0.15) is 4.85 Å². The molecule has 0 aromatic heterocycles. The van der Waals surface area contributed by atoms with Gasteiger partial charge in [-0.25, -0.2) is 4.90 Å². The minimum atomic E-state index is 0.365. The molecule has 0 aromatic rings. The maximum Gasteiger partial charge on any atom is 0.275 e. The molecule has 0 saturated heterocycles. The molecule has 0 atom stereocenters. The van der Waals surface area contributed by atoms with Gasteiger partial charge in [0.1, 0.15) is 6.54 Å². The number of allylic oxidation sites excluding steroid dienone is 2. The normalized spacial score (nSPS) is 18.5. The van der Waals surface area contributed by atoms with Gasteiger partial charge in [0.2, 0.25) is 0 Å². The second-order valence-electron chi connectivity index (χ2n) is 2.30. The summed E-state index contributed by atoms with van der Waals surface area (Å²) in [6.07, 6.45) is 7.55.